The summed E-state index contributed by atoms with van der Waals surface area (Å²) >= 11 is 0. The number of fused-ring (bicyclic) bond motifs is 1. The Hall–Kier alpha value is -4.05. The molecule has 0 saturated heterocycles. The minimum absolute atomic E-state index is 0.162. The van der Waals surface area contributed by atoms with E-state index in [-0.39, 0.29) is 11.7 Å². The van der Waals surface area contributed by atoms with E-state index in [2.05, 4.69) is 25.0 Å². The Morgan fingerprint density at radius 3 is 2.67 bits per heavy atom. The summed E-state index contributed by atoms with van der Waals surface area (Å²) in [7, 11) is -1.35. The van der Waals surface area contributed by atoms with E-state index in [4.69, 9.17) is 4.74 Å². The first-order valence-electron chi connectivity index (χ1n) is 11.2. The molecule has 186 valence electrons. The highest BCUT2D eigenvalue weighted by atomic mass is 32.2. The summed E-state index contributed by atoms with van der Waals surface area (Å²) in [6.45, 7) is 3.82. The van der Waals surface area contributed by atoms with Gasteiger partial charge >= 0.3 is 0 Å². The fourth-order valence-corrected chi connectivity index (χ4v) is 4.07. The summed E-state index contributed by atoms with van der Waals surface area (Å²) < 4.78 is 35.5. The largest absolute Gasteiger partial charge is 0.479 e. The van der Waals surface area contributed by atoms with Crippen LogP contribution in [-0.4, -0.2) is 28.2 Å². The van der Waals surface area contributed by atoms with E-state index in [1.165, 1.54) is 30.8 Å². The molecule has 2 N–H and O–H groups in total. The second kappa shape index (κ2) is 11.1. The molecule has 1 amide bonds. The Bertz CT molecular complexity index is 1490. The maximum atomic E-state index is 14.1. The number of ether oxygens (including phenoxy) is 1. The minimum Gasteiger partial charge on any atom is -0.479 e. The summed E-state index contributed by atoms with van der Waals surface area (Å²) in [6.07, 6.45) is 2.01. The molecule has 10 heteroatoms. The molecule has 4 aromatic rings. The van der Waals surface area contributed by atoms with Gasteiger partial charge in [-0.15, -0.1) is 6.26 Å². The van der Waals surface area contributed by atoms with Crippen molar-refractivity contribution >= 4 is 44.6 Å². The molecule has 0 aliphatic rings. The zero-order valence-corrected chi connectivity index (χ0v) is 20.8. The molecule has 0 bridgehead atoms. The lowest BCUT2D eigenvalue weighted by Crippen LogP contribution is -2.36. The second-order valence-electron chi connectivity index (χ2n) is 8.12. The van der Waals surface area contributed by atoms with Gasteiger partial charge in [-0.05, 0) is 49.2 Å². The molecule has 8 nitrogen and oxygen atoms in total. The van der Waals surface area contributed by atoms with Crippen LogP contribution in [0, 0.1) is 12.7 Å². The van der Waals surface area contributed by atoms with Crippen LogP contribution < -0.4 is 15.4 Å². The number of anilines is 2. The number of aryl methyl sites for hydroxylation is 1. The third-order valence-corrected chi connectivity index (χ3v) is 5.80. The molecule has 3 aromatic carbocycles. The third kappa shape index (κ3) is 6.14. The van der Waals surface area contributed by atoms with E-state index in [0.29, 0.717) is 29.3 Å². The fraction of sp³-hybridized carbons (Fsp3) is 0.192. The summed E-state index contributed by atoms with van der Waals surface area (Å²) in [4.78, 5) is 21.3. The van der Waals surface area contributed by atoms with Crippen molar-refractivity contribution in [2.75, 3.05) is 11.6 Å². The van der Waals surface area contributed by atoms with Gasteiger partial charge in [0.15, 0.2) is 6.10 Å². The van der Waals surface area contributed by atoms with Crippen molar-refractivity contribution in [3.8, 4) is 5.75 Å². The number of aromatic nitrogens is 2. The predicted octanol–water partition coefficient (Wildman–Crippen LogP) is 5.31. The Labute approximate surface area is 210 Å². The first kappa shape index (κ1) is 25.1. The van der Waals surface area contributed by atoms with Crippen molar-refractivity contribution in [2.45, 2.75) is 26.5 Å². The van der Waals surface area contributed by atoms with E-state index < -0.39 is 22.5 Å². The van der Waals surface area contributed by atoms with Crippen LogP contribution in [0.1, 0.15) is 18.1 Å². The highest BCUT2D eigenvalue weighted by molar-refractivity contribution is 7.74. The quantitative estimate of drug-likeness (QED) is 0.314. The van der Waals surface area contributed by atoms with Gasteiger partial charge in [-0.25, -0.2) is 14.4 Å². The maximum absolute atomic E-state index is 14.1. The SMILES string of the molecule is Cc1cc(N=[S-](C)=O)cc2ncnc(Nc3ccc(F)cc3O[C@H](C)C(=O)NCc3ccccc3)c12. The molecule has 0 spiro atoms. The molecule has 1 aromatic heterocycles. The average molecular weight is 507 g/mol. The monoisotopic (exact) mass is 506 g/mol. The molecule has 36 heavy (non-hydrogen) atoms. The predicted molar refractivity (Wildman–Crippen MR) is 138 cm³/mol. The van der Waals surface area contributed by atoms with Gasteiger partial charge in [-0.1, -0.05) is 30.3 Å². The van der Waals surface area contributed by atoms with Gasteiger partial charge in [0, 0.05) is 23.7 Å². The van der Waals surface area contributed by atoms with Gasteiger partial charge in [0.1, 0.15) is 23.7 Å². The van der Waals surface area contributed by atoms with Crippen molar-refractivity contribution in [3.63, 3.8) is 0 Å². The van der Waals surface area contributed by atoms with E-state index in [1.807, 2.05) is 37.3 Å². The number of hydrogen-bond acceptors (Lipinski definition) is 8. The Kier molecular flexibility index (Phi) is 7.74. The van der Waals surface area contributed by atoms with Crippen LogP contribution in [0.5, 0.6) is 5.75 Å². The highest BCUT2D eigenvalue weighted by Gasteiger charge is 2.18. The number of halogens is 1. The van der Waals surface area contributed by atoms with Crippen molar-refractivity contribution < 1.29 is 18.1 Å². The van der Waals surface area contributed by atoms with Gasteiger partial charge in [0.05, 0.1) is 11.2 Å². The molecule has 1 atom stereocenters. The van der Waals surface area contributed by atoms with E-state index >= 15 is 0 Å². The number of hydrogen-bond donors (Lipinski definition) is 2. The van der Waals surface area contributed by atoms with Crippen LogP contribution in [0.2, 0.25) is 0 Å². The third-order valence-electron chi connectivity index (χ3n) is 5.33. The molecule has 0 fully saturated rings. The lowest BCUT2D eigenvalue weighted by Gasteiger charge is -2.19. The topological polar surface area (TPSA) is 106 Å². The van der Waals surface area contributed by atoms with E-state index in [9.17, 15) is 13.4 Å². The van der Waals surface area contributed by atoms with E-state index in [1.54, 1.807) is 19.1 Å². The number of nitrogens with one attached hydrogen (secondary N) is 2. The Morgan fingerprint density at radius 2 is 1.92 bits per heavy atom. The van der Waals surface area contributed by atoms with Gasteiger partial charge in [0.2, 0.25) is 0 Å². The lowest BCUT2D eigenvalue weighted by molar-refractivity contribution is -0.127. The second-order valence-corrected chi connectivity index (χ2v) is 9.15. The van der Waals surface area contributed by atoms with Crippen LogP contribution in [0.4, 0.5) is 21.6 Å². The summed E-state index contributed by atoms with van der Waals surface area (Å²) in [5.41, 5.74) is 3.36. The number of carbonyl (C=O) groups is 1. The molecule has 1 heterocycles. The van der Waals surface area contributed by atoms with Crippen molar-refractivity contribution in [2.24, 2.45) is 4.36 Å². The smallest absolute Gasteiger partial charge is 0.261 e. The first-order valence-corrected chi connectivity index (χ1v) is 12.7. The Morgan fingerprint density at radius 1 is 1.14 bits per heavy atom. The lowest BCUT2D eigenvalue weighted by atomic mass is 10.1. The van der Waals surface area contributed by atoms with E-state index in [0.717, 1.165) is 16.5 Å². The number of amides is 1. The first-order chi connectivity index (χ1) is 17.3. The summed E-state index contributed by atoms with van der Waals surface area (Å²) in [5, 5.41) is 6.73. The zero-order chi connectivity index (χ0) is 25.7. The number of rotatable bonds is 8. The number of nitrogens with zero attached hydrogens (tertiary/aromatic N) is 3. The van der Waals surface area contributed by atoms with Crippen LogP contribution in [0.25, 0.3) is 10.9 Å². The average Bonchev–Trinajstić information content (AvgIpc) is 2.84. The number of benzene rings is 3. The zero-order valence-electron chi connectivity index (χ0n) is 20.0. The molecule has 0 unspecified atom stereocenters. The minimum atomic E-state index is -1.35. The van der Waals surface area contributed by atoms with Crippen LogP contribution in [-0.2, 0) is 26.1 Å². The Balaban J connectivity index is 1.57. The molecule has 0 saturated carbocycles. The van der Waals surface area contributed by atoms with Crippen molar-refractivity contribution in [1.82, 2.24) is 15.3 Å². The van der Waals surface area contributed by atoms with Gasteiger partial charge in [-0.3, -0.25) is 4.79 Å². The summed E-state index contributed by atoms with van der Waals surface area (Å²) in [5.74, 6) is -0.203. The van der Waals surface area contributed by atoms with Crippen LogP contribution >= 0.6 is 0 Å². The normalized spacial score (nSPS) is 12.8. The molecule has 0 aliphatic heterocycles. The van der Waals surface area contributed by atoms with Gasteiger partial charge < -0.3 is 23.9 Å². The van der Waals surface area contributed by atoms with Crippen LogP contribution in [0.15, 0.2) is 71.4 Å². The molecule has 0 radical (unpaired) electrons. The molecular formula is C26H25FN5O3S-. The van der Waals surface area contributed by atoms with Crippen LogP contribution in [0.3, 0.4) is 0 Å². The summed E-state index contributed by atoms with van der Waals surface area (Å²) in [6, 6.07) is 17.0. The highest BCUT2D eigenvalue weighted by Crippen LogP contribution is 2.34. The molecule has 4 rings (SSSR count). The van der Waals surface area contributed by atoms with Gasteiger partial charge in [-0.2, -0.15) is 10.6 Å². The standard InChI is InChI=1S/C26H25FN5O3S/c1-16-11-20(32-36(3)34)13-22-24(16)25(30-15-29-22)31-21-10-9-19(27)12-23(21)35-17(2)26(33)28-14-18-7-5-4-6-8-18/h4-13,15,17H,14H2,1-3H3,(H,28,33)(H,29,30,31)/q-1/t17-/m1/s1. The molecule has 0 aliphatic carbocycles. The van der Waals surface area contributed by atoms with Crippen molar-refractivity contribution in [1.29, 1.82) is 0 Å². The maximum Gasteiger partial charge on any atom is 0.261 e. The fourth-order valence-electron chi connectivity index (χ4n) is 3.67. The van der Waals surface area contributed by atoms with Crippen molar-refractivity contribution in [3.05, 3.63) is 83.9 Å². The molecular weight excluding hydrogens is 481 g/mol. The van der Waals surface area contributed by atoms with Gasteiger partial charge in [0.25, 0.3) is 5.91 Å². The number of carbonyl (C=O) groups excluding carboxylic acids is 1.